The molecule has 0 N–H and O–H groups in total. The van der Waals surface area contributed by atoms with Gasteiger partial charge in [0, 0.05) is 16.4 Å². The van der Waals surface area contributed by atoms with Crippen LogP contribution in [-0.2, 0) is 6.42 Å². The number of hydrogen-bond acceptors (Lipinski definition) is 1. The molecule has 1 aliphatic carbocycles. The van der Waals surface area contributed by atoms with Gasteiger partial charge in [-0.25, -0.2) is 0 Å². The first-order valence-corrected chi connectivity index (χ1v) is 5.92. The summed E-state index contributed by atoms with van der Waals surface area (Å²) < 4.78 is 1.06. The summed E-state index contributed by atoms with van der Waals surface area (Å²) >= 11 is 3.39. The van der Waals surface area contributed by atoms with Gasteiger partial charge in [-0.1, -0.05) is 11.6 Å². The minimum atomic E-state index is 1.06. The number of aromatic nitrogens is 1. The van der Waals surface area contributed by atoms with Crippen molar-refractivity contribution in [3.05, 3.63) is 40.1 Å². The molecule has 2 rings (SSSR count). The van der Waals surface area contributed by atoms with E-state index in [1.165, 1.54) is 31.4 Å². The predicted octanol–water partition coefficient (Wildman–Crippen LogP) is 3.89. The number of allylic oxidation sites excluding steroid dienone is 2. The van der Waals surface area contributed by atoms with Gasteiger partial charge < -0.3 is 0 Å². The molecule has 1 aromatic heterocycles. The van der Waals surface area contributed by atoms with Crippen LogP contribution >= 0.6 is 15.9 Å². The smallest absolute Gasteiger partial charge is 0.0413 e. The van der Waals surface area contributed by atoms with Crippen molar-refractivity contribution in [2.24, 2.45) is 0 Å². The van der Waals surface area contributed by atoms with E-state index in [-0.39, 0.29) is 0 Å². The van der Waals surface area contributed by atoms with E-state index in [1.807, 2.05) is 6.20 Å². The second-order valence-corrected chi connectivity index (χ2v) is 4.64. The van der Waals surface area contributed by atoms with Crippen molar-refractivity contribution < 1.29 is 0 Å². The fourth-order valence-corrected chi connectivity index (χ4v) is 2.04. The van der Waals surface area contributed by atoms with Crippen LogP contribution in [0.4, 0.5) is 0 Å². The molecule has 1 aliphatic rings. The Kier molecular flexibility index (Phi) is 3.35. The topological polar surface area (TPSA) is 12.9 Å². The van der Waals surface area contributed by atoms with Crippen LogP contribution in [0.2, 0.25) is 0 Å². The molecule has 0 bridgehead atoms. The number of pyridine rings is 1. The van der Waals surface area contributed by atoms with Crippen LogP contribution in [0.5, 0.6) is 0 Å². The van der Waals surface area contributed by atoms with Crippen molar-refractivity contribution in [1.82, 2.24) is 4.98 Å². The van der Waals surface area contributed by atoms with Crippen molar-refractivity contribution >= 4 is 15.9 Å². The fourth-order valence-electron chi connectivity index (χ4n) is 1.81. The Labute approximate surface area is 93.4 Å². The molecular weight excluding hydrogens is 238 g/mol. The van der Waals surface area contributed by atoms with Gasteiger partial charge in [0.1, 0.15) is 0 Å². The highest BCUT2D eigenvalue weighted by Gasteiger charge is 2.04. The first kappa shape index (κ1) is 9.91. The van der Waals surface area contributed by atoms with Crippen LogP contribution in [0.15, 0.2) is 34.5 Å². The minimum Gasteiger partial charge on any atom is -0.260 e. The van der Waals surface area contributed by atoms with E-state index < -0.39 is 0 Å². The highest BCUT2D eigenvalue weighted by atomic mass is 79.9. The molecule has 0 amide bonds. The Balaban J connectivity index is 1.88. The molecule has 0 atom stereocenters. The zero-order chi connectivity index (χ0) is 9.80. The summed E-state index contributed by atoms with van der Waals surface area (Å²) in [5, 5.41) is 0. The summed E-state index contributed by atoms with van der Waals surface area (Å²) in [7, 11) is 0. The van der Waals surface area contributed by atoms with Gasteiger partial charge in [0.25, 0.3) is 0 Å². The van der Waals surface area contributed by atoms with Crippen LogP contribution in [-0.4, -0.2) is 4.98 Å². The molecule has 14 heavy (non-hydrogen) atoms. The molecule has 0 radical (unpaired) electrons. The fraction of sp³-hybridized carbons (Fsp3) is 0.417. The number of rotatable bonds is 3. The molecule has 0 aromatic carbocycles. The summed E-state index contributed by atoms with van der Waals surface area (Å²) in [5.74, 6) is 0. The van der Waals surface area contributed by atoms with Gasteiger partial charge in [-0.2, -0.15) is 0 Å². The Morgan fingerprint density at radius 3 is 2.86 bits per heavy atom. The van der Waals surface area contributed by atoms with Crippen LogP contribution in [0.25, 0.3) is 0 Å². The Morgan fingerprint density at radius 1 is 1.29 bits per heavy atom. The van der Waals surface area contributed by atoms with Crippen LogP contribution in [0, 0.1) is 0 Å². The lowest BCUT2D eigenvalue weighted by Crippen LogP contribution is -1.90. The number of aryl methyl sites for hydroxylation is 1. The molecule has 2 heteroatoms. The van der Waals surface area contributed by atoms with Gasteiger partial charge in [0.2, 0.25) is 0 Å². The van der Waals surface area contributed by atoms with Crippen LogP contribution in [0.1, 0.15) is 31.4 Å². The normalized spacial score (nSPS) is 15.6. The van der Waals surface area contributed by atoms with E-state index in [9.17, 15) is 0 Å². The molecule has 0 aliphatic heterocycles. The van der Waals surface area contributed by atoms with Gasteiger partial charge >= 0.3 is 0 Å². The molecule has 0 saturated heterocycles. The number of hydrogen-bond donors (Lipinski definition) is 0. The number of nitrogens with zero attached hydrogens (tertiary/aromatic N) is 1. The van der Waals surface area contributed by atoms with Gasteiger partial charge in [0.05, 0.1) is 0 Å². The monoisotopic (exact) mass is 251 g/mol. The molecule has 0 spiro atoms. The van der Waals surface area contributed by atoms with E-state index in [4.69, 9.17) is 0 Å². The predicted molar refractivity (Wildman–Crippen MR) is 62.2 cm³/mol. The summed E-state index contributed by atoms with van der Waals surface area (Å²) in [5.41, 5.74) is 2.82. The first-order chi connectivity index (χ1) is 6.84. The lowest BCUT2D eigenvalue weighted by molar-refractivity contribution is 0.831. The molecule has 1 aromatic rings. The van der Waals surface area contributed by atoms with E-state index in [1.54, 1.807) is 5.57 Å². The highest BCUT2D eigenvalue weighted by molar-refractivity contribution is 9.10. The van der Waals surface area contributed by atoms with Crippen molar-refractivity contribution in [3.8, 4) is 0 Å². The second kappa shape index (κ2) is 4.74. The number of halogens is 1. The molecular formula is C12H14BrN. The molecule has 0 fully saturated rings. The molecule has 1 heterocycles. The third-order valence-corrected chi connectivity index (χ3v) is 3.10. The average molecular weight is 252 g/mol. The van der Waals surface area contributed by atoms with Gasteiger partial charge in [-0.15, -0.1) is 0 Å². The van der Waals surface area contributed by atoms with Crippen molar-refractivity contribution in [2.75, 3.05) is 0 Å². The van der Waals surface area contributed by atoms with E-state index in [0.717, 1.165) is 10.9 Å². The van der Waals surface area contributed by atoms with Gasteiger partial charge in [-0.05, 0) is 60.2 Å². The average Bonchev–Trinajstić information content (AvgIpc) is 2.70. The molecule has 1 nitrogen and oxygen atoms in total. The Hall–Kier alpha value is -0.630. The van der Waals surface area contributed by atoms with Crippen molar-refractivity contribution in [1.29, 1.82) is 0 Å². The zero-order valence-electron chi connectivity index (χ0n) is 8.17. The van der Waals surface area contributed by atoms with Gasteiger partial charge in [0.15, 0.2) is 0 Å². The Bertz CT molecular complexity index is 327. The van der Waals surface area contributed by atoms with E-state index in [2.05, 4.69) is 39.1 Å². The maximum Gasteiger partial charge on any atom is 0.0413 e. The minimum absolute atomic E-state index is 1.06. The lowest BCUT2D eigenvalue weighted by atomic mass is 10.1. The largest absolute Gasteiger partial charge is 0.260 e. The third-order valence-electron chi connectivity index (χ3n) is 2.63. The molecule has 0 unspecified atom stereocenters. The standard InChI is InChI=1S/C12H14BrN/c13-11-6-8-12(14-9-11)7-5-10-3-1-2-4-10/h3,6,8-9H,1-2,4-5,7H2. The Morgan fingerprint density at radius 2 is 2.21 bits per heavy atom. The quantitative estimate of drug-likeness (QED) is 0.744. The zero-order valence-corrected chi connectivity index (χ0v) is 9.76. The van der Waals surface area contributed by atoms with Gasteiger partial charge in [-0.3, -0.25) is 4.98 Å². The second-order valence-electron chi connectivity index (χ2n) is 3.72. The summed E-state index contributed by atoms with van der Waals surface area (Å²) in [6.45, 7) is 0. The third kappa shape index (κ3) is 2.68. The summed E-state index contributed by atoms with van der Waals surface area (Å²) in [6, 6.07) is 4.16. The molecule has 74 valence electrons. The van der Waals surface area contributed by atoms with Crippen molar-refractivity contribution in [2.45, 2.75) is 32.1 Å². The summed E-state index contributed by atoms with van der Waals surface area (Å²) in [4.78, 5) is 4.37. The van der Waals surface area contributed by atoms with Crippen LogP contribution < -0.4 is 0 Å². The maximum atomic E-state index is 4.37. The highest BCUT2D eigenvalue weighted by Crippen LogP contribution is 2.22. The maximum absolute atomic E-state index is 4.37. The van der Waals surface area contributed by atoms with E-state index >= 15 is 0 Å². The van der Waals surface area contributed by atoms with Crippen LogP contribution in [0.3, 0.4) is 0 Å². The lowest BCUT2D eigenvalue weighted by Gasteiger charge is -2.01. The van der Waals surface area contributed by atoms with Crippen molar-refractivity contribution in [3.63, 3.8) is 0 Å². The SMILES string of the molecule is Brc1ccc(CCC2=CCCC2)nc1. The first-order valence-electron chi connectivity index (χ1n) is 5.13. The molecule has 0 saturated carbocycles. The van der Waals surface area contributed by atoms with E-state index in [0.29, 0.717) is 0 Å². The summed E-state index contributed by atoms with van der Waals surface area (Å²) in [6.07, 6.45) is 10.5.